The highest BCUT2D eigenvalue weighted by Gasteiger charge is 2.30. The lowest BCUT2D eigenvalue weighted by Crippen LogP contribution is -2.40. The summed E-state index contributed by atoms with van der Waals surface area (Å²) in [7, 11) is 3.51. The monoisotopic (exact) mass is 287 g/mol. The van der Waals surface area contributed by atoms with E-state index in [0.717, 1.165) is 22.1 Å². The first-order valence-corrected chi connectivity index (χ1v) is 6.70. The van der Waals surface area contributed by atoms with E-state index < -0.39 is 12.0 Å². The highest BCUT2D eigenvalue weighted by atomic mass is 16.4. The summed E-state index contributed by atoms with van der Waals surface area (Å²) in [6.45, 7) is 1.86. The molecule has 110 valence electrons. The molecule has 0 spiro atoms. The number of likely N-dealkylation sites (N-methyl/N-ethyl adjacent to an activating group) is 1. The molecule has 0 saturated heterocycles. The van der Waals surface area contributed by atoms with E-state index in [2.05, 4.69) is 19.9 Å². The van der Waals surface area contributed by atoms with Crippen molar-refractivity contribution < 1.29 is 9.90 Å². The molecule has 3 N–H and O–H groups in total. The molecule has 3 aromatic heterocycles. The number of carbonyl (C=O) groups is 1. The molecule has 0 radical (unpaired) electrons. The summed E-state index contributed by atoms with van der Waals surface area (Å²) in [5.74, 6) is -0.474. The van der Waals surface area contributed by atoms with Crippen molar-refractivity contribution in [2.45, 2.75) is 18.9 Å². The van der Waals surface area contributed by atoms with Crippen molar-refractivity contribution in [3.63, 3.8) is 0 Å². The zero-order valence-corrected chi connectivity index (χ0v) is 12.1. The Morgan fingerprint density at radius 1 is 1.43 bits per heavy atom. The van der Waals surface area contributed by atoms with E-state index in [4.69, 9.17) is 0 Å². The van der Waals surface area contributed by atoms with Gasteiger partial charge in [0.1, 0.15) is 23.0 Å². The van der Waals surface area contributed by atoms with Crippen molar-refractivity contribution in [2.24, 2.45) is 0 Å². The molecule has 7 nitrogen and oxygen atoms in total. The van der Waals surface area contributed by atoms with Gasteiger partial charge in [0.15, 0.2) is 0 Å². The van der Waals surface area contributed by atoms with Gasteiger partial charge in [0.25, 0.3) is 0 Å². The third kappa shape index (κ3) is 2.15. The van der Waals surface area contributed by atoms with Crippen LogP contribution in [0.25, 0.3) is 22.1 Å². The fraction of sp³-hybridized carbons (Fsp3) is 0.357. The Morgan fingerprint density at radius 2 is 2.19 bits per heavy atom. The number of pyridine rings is 1. The molecule has 0 fully saturated rings. The first-order chi connectivity index (χ1) is 9.99. The van der Waals surface area contributed by atoms with E-state index in [9.17, 15) is 9.90 Å². The van der Waals surface area contributed by atoms with Crippen molar-refractivity contribution in [2.75, 3.05) is 14.1 Å². The van der Waals surface area contributed by atoms with Gasteiger partial charge in [-0.1, -0.05) is 6.92 Å². The normalized spacial score (nSPS) is 14.9. The quantitative estimate of drug-likeness (QED) is 0.676. The van der Waals surface area contributed by atoms with Crippen molar-refractivity contribution >= 4 is 28.0 Å². The number of hydrogen-bond donors (Lipinski definition) is 3. The van der Waals surface area contributed by atoms with Crippen molar-refractivity contribution in [3.8, 4) is 0 Å². The molecule has 3 rings (SSSR count). The number of imidazole rings is 1. The number of nitrogens with one attached hydrogen (secondary N) is 2. The van der Waals surface area contributed by atoms with E-state index in [-0.39, 0.29) is 5.92 Å². The number of rotatable bonds is 4. The van der Waals surface area contributed by atoms with Gasteiger partial charge in [0.05, 0.1) is 11.7 Å². The Morgan fingerprint density at radius 3 is 2.86 bits per heavy atom. The van der Waals surface area contributed by atoms with Gasteiger partial charge in [-0.05, 0) is 20.2 Å². The molecule has 7 heteroatoms. The summed E-state index contributed by atoms with van der Waals surface area (Å²) in [5.41, 5.74) is 2.40. The molecular formula is C14H17N5O2. The predicted molar refractivity (Wildman–Crippen MR) is 79.3 cm³/mol. The number of aromatic amines is 2. The van der Waals surface area contributed by atoms with Crippen LogP contribution in [-0.2, 0) is 4.79 Å². The number of carboxylic acid groups (broad SMARTS) is 1. The highest BCUT2D eigenvalue weighted by molar-refractivity contribution is 6.00. The number of H-pyrrole nitrogens is 2. The molecule has 0 saturated carbocycles. The third-order valence-corrected chi connectivity index (χ3v) is 3.77. The fourth-order valence-electron chi connectivity index (χ4n) is 2.74. The standard InChI is InChI=1S/C14H17N5O2/c1-7(11(14(20)21)19(2)3)12-17-9-6-16-13-8(4-5-15-13)10(9)18-12/h4-7,11H,1-3H3,(H,15,16)(H,17,18)(H,20,21). The van der Waals surface area contributed by atoms with E-state index in [1.807, 2.05) is 19.2 Å². The molecule has 0 aliphatic heterocycles. The molecule has 2 atom stereocenters. The molecule has 2 unspecified atom stereocenters. The minimum absolute atomic E-state index is 0.265. The van der Waals surface area contributed by atoms with Crippen molar-refractivity contribution in [1.82, 2.24) is 24.8 Å². The molecule has 0 aliphatic rings. The lowest BCUT2D eigenvalue weighted by molar-refractivity contribution is -0.143. The van der Waals surface area contributed by atoms with Crippen LogP contribution in [0.5, 0.6) is 0 Å². The van der Waals surface area contributed by atoms with Gasteiger partial charge in [-0.25, -0.2) is 9.97 Å². The summed E-state index contributed by atoms with van der Waals surface area (Å²) in [6, 6.07) is 1.28. The van der Waals surface area contributed by atoms with Gasteiger partial charge >= 0.3 is 5.97 Å². The van der Waals surface area contributed by atoms with Crippen LogP contribution in [0.1, 0.15) is 18.7 Å². The van der Waals surface area contributed by atoms with Crippen LogP contribution in [0.2, 0.25) is 0 Å². The van der Waals surface area contributed by atoms with E-state index in [1.165, 1.54) is 0 Å². The molecular weight excluding hydrogens is 270 g/mol. The first-order valence-electron chi connectivity index (χ1n) is 6.70. The second kappa shape index (κ2) is 4.85. The average molecular weight is 287 g/mol. The number of hydrogen-bond acceptors (Lipinski definition) is 4. The Bertz CT molecular complexity index is 804. The third-order valence-electron chi connectivity index (χ3n) is 3.77. The van der Waals surface area contributed by atoms with E-state index >= 15 is 0 Å². The highest BCUT2D eigenvalue weighted by Crippen LogP contribution is 2.26. The molecule has 0 bridgehead atoms. The van der Waals surface area contributed by atoms with E-state index in [0.29, 0.717) is 5.82 Å². The largest absolute Gasteiger partial charge is 0.480 e. The predicted octanol–water partition coefficient (Wildman–Crippen LogP) is 1.56. The van der Waals surface area contributed by atoms with Crippen LogP contribution in [0.4, 0.5) is 0 Å². The minimum atomic E-state index is -0.863. The summed E-state index contributed by atoms with van der Waals surface area (Å²) in [6.07, 6.45) is 3.53. The fourth-order valence-corrected chi connectivity index (χ4v) is 2.74. The summed E-state index contributed by atoms with van der Waals surface area (Å²) in [4.78, 5) is 28.3. The number of fused-ring (bicyclic) bond motifs is 3. The SMILES string of the molecule is CC(c1nc2c(cnc3[nH]ccc32)[nH]1)C(C(=O)O)N(C)C. The van der Waals surface area contributed by atoms with Crippen LogP contribution in [-0.4, -0.2) is 56.0 Å². The summed E-state index contributed by atoms with van der Waals surface area (Å²) < 4.78 is 0. The van der Waals surface area contributed by atoms with Crippen LogP contribution in [0.15, 0.2) is 18.5 Å². The number of aliphatic carboxylic acids is 1. The lowest BCUT2D eigenvalue weighted by atomic mass is 10.0. The molecule has 0 aromatic carbocycles. The smallest absolute Gasteiger partial charge is 0.321 e. The van der Waals surface area contributed by atoms with Crippen molar-refractivity contribution in [1.29, 1.82) is 0 Å². The van der Waals surface area contributed by atoms with Crippen LogP contribution < -0.4 is 0 Å². The van der Waals surface area contributed by atoms with Crippen LogP contribution in [0.3, 0.4) is 0 Å². The zero-order valence-electron chi connectivity index (χ0n) is 12.1. The zero-order chi connectivity index (χ0) is 15.1. The number of carboxylic acids is 1. The minimum Gasteiger partial charge on any atom is -0.480 e. The maximum absolute atomic E-state index is 11.4. The Labute approximate surface area is 121 Å². The maximum Gasteiger partial charge on any atom is 0.321 e. The van der Waals surface area contributed by atoms with Gasteiger partial charge in [-0.2, -0.15) is 0 Å². The average Bonchev–Trinajstić information content (AvgIpc) is 3.03. The second-order valence-electron chi connectivity index (χ2n) is 5.42. The Hall–Kier alpha value is -2.41. The van der Waals surface area contributed by atoms with E-state index in [1.54, 1.807) is 25.2 Å². The maximum atomic E-state index is 11.4. The van der Waals surface area contributed by atoms with Crippen LogP contribution >= 0.6 is 0 Å². The first kappa shape index (κ1) is 13.6. The molecule has 0 aliphatic carbocycles. The molecule has 3 aromatic rings. The van der Waals surface area contributed by atoms with Crippen LogP contribution in [0, 0.1) is 0 Å². The second-order valence-corrected chi connectivity index (χ2v) is 5.42. The van der Waals surface area contributed by atoms with Gasteiger partial charge < -0.3 is 15.1 Å². The molecule has 21 heavy (non-hydrogen) atoms. The lowest BCUT2D eigenvalue weighted by Gasteiger charge is -2.24. The molecule has 3 heterocycles. The number of nitrogens with zero attached hydrogens (tertiary/aromatic N) is 3. The number of aromatic nitrogens is 4. The topological polar surface area (TPSA) is 97.9 Å². The van der Waals surface area contributed by atoms with Gasteiger partial charge in [0.2, 0.25) is 0 Å². The van der Waals surface area contributed by atoms with Gasteiger partial charge in [-0.15, -0.1) is 0 Å². The summed E-state index contributed by atoms with van der Waals surface area (Å²) >= 11 is 0. The Balaban J connectivity index is 2.09. The Kier molecular flexibility index (Phi) is 3.13. The van der Waals surface area contributed by atoms with Gasteiger partial charge in [-0.3, -0.25) is 9.69 Å². The van der Waals surface area contributed by atoms with Crippen molar-refractivity contribution in [3.05, 3.63) is 24.3 Å². The summed E-state index contributed by atoms with van der Waals surface area (Å²) in [5, 5.41) is 10.3. The molecule has 0 amide bonds. The van der Waals surface area contributed by atoms with Gasteiger partial charge in [0, 0.05) is 17.5 Å².